The van der Waals surface area contributed by atoms with Crippen LogP contribution in [0.5, 0.6) is 0 Å². The highest BCUT2D eigenvalue weighted by molar-refractivity contribution is 4.55. The molecule has 0 aliphatic rings. The Bertz CT molecular complexity index is 179. The molecule has 1 unspecified atom stereocenters. The molecule has 0 aliphatic heterocycles. The first kappa shape index (κ1) is 15.1. The van der Waals surface area contributed by atoms with E-state index in [2.05, 4.69) is 0 Å². The van der Waals surface area contributed by atoms with Crippen molar-refractivity contribution >= 4 is 0 Å². The molecule has 0 saturated carbocycles. The molecule has 1 atom stereocenters. The maximum atomic E-state index is 9.84. The fourth-order valence-electron chi connectivity index (χ4n) is 0.791. The van der Waals surface area contributed by atoms with Crippen molar-refractivity contribution in [3.05, 3.63) is 20.2 Å². The summed E-state index contributed by atoms with van der Waals surface area (Å²) in [6, 6.07) is 0. The Labute approximate surface area is 80.4 Å². The van der Waals surface area contributed by atoms with Gasteiger partial charge in [-0.25, -0.2) is 0 Å². The van der Waals surface area contributed by atoms with Crippen molar-refractivity contribution in [3.8, 4) is 0 Å². The first-order valence-electron chi connectivity index (χ1n) is 3.88. The lowest BCUT2D eigenvalue weighted by atomic mass is 10.1. The highest BCUT2D eigenvalue weighted by atomic mass is 16.9. The van der Waals surface area contributed by atoms with Crippen LogP contribution in [-0.4, -0.2) is 33.0 Å². The van der Waals surface area contributed by atoms with Gasteiger partial charge in [0.05, 0.1) is 0 Å². The lowest BCUT2D eigenvalue weighted by Gasteiger charge is -2.07. The zero-order valence-corrected chi connectivity index (χ0v) is 7.99. The zero-order valence-electron chi connectivity index (χ0n) is 7.99. The number of hydrogen-bond donors (Lipinski definition) is 2. The van der Waals surface area contributed by atoms with E-state index in [4.69, 9.17) is 20.4 Å². The minimum Gasteiger partial charge on any atom is -0.386 e. The van der Waals surface area contributed by atoms with E-state index >= 15 is 0 Å². The minimum absolute atomic E-state index is 0.315. The highest BCUT2D eigenvalue weighted by Crippen LogP contribution is 2.03. The molecule has 0 rings (SSSR count). The Hall–Kier alpha value is -1.44. The standard InChI is InChI=1S/C6H13NO3.HNO3/c1-5(2)3-6(8)4-7(9)10;2-1(3)4/h5-6,8H,3-4H2,1-2H3;(H,2,3,4). The van der Waals surface area contributed by atoms with E-state index in [0.717, 1.165) is 0 Å². The molecule has 0 aromatic heterocycles. The molecule has 2 N–H and O–H groups in total. The Morgan fingerprint density at radius 2 is 1.64 bits per heavy atom. The molecule has 0 saturated heterocycles. The highest BCUT2D eigenvalue weighted by Gasteiger charge is 2.12. The Morgan fingerprint density at radius 3 is 1.86 bits per heavy atom. The Kier molecular flexibility index (Phi) is 8.79. The van der Waals surface area contributed by atoms with Crippen molar-refractivity contribution in [1.82, 2.24) is 0 Å². The average Bonchev–Trinajstić information content (AvgIpc) is 1.79. The van der Waals surface area contributed by atoms with Gasteiger partial charge in [0.1, 0.15) is 6.10 Å². The fourth-order valence-corrected chi connectivity index (χ4v) is 0.791. The van der Waals surface area contributed by atoms with Gasteiger partial charge in [-0.2, -0.15) is 0 Å². The van der Waals surface area contributed by atoms with Crippen molar-refractivity contribution in [2.24, 2.45) is 5.92 Å². The van der Waals surface area contributed by atoms with Crippen LogP contribution in [0.15, 0.2) is 0 Å². The third-order valence-electron chi connectivity index (χ3n) is 1.10. The zero-order chi connectivity index (χ0) is 11.7. The molecule has 0 bridgehead atoms. The summed E-state index contributed by atoms with van der Waals surface area (Å²) in [4.78, 5) is 17.7. The van der Waals surface area contributed by atoms with Gasteiger partial charge in [0.25, 0.3) is 5.09 Å². The van der Waals surface area contributed by atoms with Crippen LogP contribution in [0.25, 0.3) is 0 Å². The summed E-state index contributed by atoms with van der Waals surface area (Å²) in [6.07, 6.45) is -0.281. The molecule has 8 nitrogen and oxygen atoms in total. The molecule has 0 heterocycles. The summed E-state index contributed by atoms with van der Waals surface area (Å²) >= 11 is 0. The summed E-state index contributed by atoms with van der Waals surface area (Å²) in [6.45, 7) is 3.50. The first-order chi connectivity index (χ1) is 6.25. The van der Waals surface area contributed by atoms with E-state index in [-0.39, 0.29) is 6.54 Å². The van der Waals surface area contributed by atoms with Crippen molar-refractivity contribution in [1.29, 1.82) is 0 Å². The normalized spacial score (nSPS) is 11.4. The van der Waals surface area contributed by atoms with Crippen LogP contribution in [0.4, 0.5) is 0 Å². The molecular formula is C6H14N2O6. The van der Waals surface area contributed by atoms with Crippen LogP contribution in [0.2, 0.25) is 0 Å². The average molecular weight is 210 g/mol. The van der Waals surface area contributed by atoms with Crippen LogP contribution in [0, 0.1) is 26.1 Å². The van der Waals surface area contributed by atoms with Crippen LogP contribution < -0.4 is 0 Å². The summed E-state index contributed by atoms with van der Waals surface area (Å²) in [5.41, 5.74) is 0. The summed E-state index contributed by atoms with van der Waals surface area (Å²) in [7, 11) is 0. The summed E-state index contributed by atoms with van der Waals surface area (Å²) in [5.74, 6) is 0.315. The molecule has 0 aromatic rings. The fraction of sp³-hybridized carbons (Fsp3) is 1.00. The van der Waals surface area contributed by atoms with Crippen molar-refractivity contribution in [3.63, 3.8) is 0 Å². The second kappa shape index (κ2) is 8.17. The number of rotatable bonds is 4. The van der Waals surface area contributed by atoms with Crippen molar-refractivity contribution in [2.75, 3.05) is 6.54 Å². The van der Waals surface area contributed by atoms with Gasteiger partial charge in [-0.1, -0.05) is 13.8 Å². The van der Waals surface area contributed by atoms with Crippen LogP contribution in [0.1, 0.15) is 20.3 Å². The molecular weight excluding hydrogens is 196 g/mol. The predicted octanol–water partition coefficient (Wildman–Crippen LogP) is 0.322. The Balaban J connectivity index is 0. The van der Waals surface area contributed by atoms with E-state index in [1.54, 1.807) is 0 Å². The molecule has 0 amide bonds. The molecule has 84 valence electrons. The summed E-state index contributed by atoms with van der Waals surface area (Å²) in [5, 5.41) is 32.4. The number of nitro groups is 1. The Morgan fingerprint density at radius 1 is 1.29 bits per heavy atom. The minimum atomic E-state index is -1.50. The molecule has 0 radical (unpaired) electrons. The van der Waals surface area contributed by atoms with E-state index in [1.807, 2.05) is 13.8 Å². The number of nitrogens with zero attached hydrogens (tertiary/aromatic N) is 2. The van der Waals surface area contributed by atoms with Gasteiger partial charge in [0, 0.05) is 4.92 Å². The first-order valence-corrected chi connectivity index (χ1v) is 3.88. The van der Waals surface area contributed by atoms with Crippen LogP contribution in [0.3, 0.4) is 0 Å². The number of hydrogen-bond acceptors (Lipinski definition) is 5. The molecule has 0 spiro atoms. The van der Waals surface area contributed by atoms with Crippen molar-refractivity contribution in [2.45, 2.75) is 26.4 Å². The molecule has 0 aliphatic carbocycles. The van der Waals surface area contributed by atoms with Gasteiger partial charge in [0.15, 0.2) is 0 Å². The lowest BCUT2D eigenvalue weighted by Crippen LogP contribution is -2.20. The van der Waals surface area contributed by atoms with Gasteiger partial charge >= 0.3 is 0 Å². The maximum absolute atomic E-state index is 9.84. The quantitative estimate of drug-likeness (QED) is 0.508. The third-order valence-corrected chi connectivity index (χ3v) is 1.10. The van der Waals surface area contributed by atoms with Gasteiger partial charge in [-0.3, -0.25) is 10.1 Å². The van der Waals surface area contributed by atoms with E-state index in [1.165, 1.54) is 0 Å². The van der Waals surface area contributed by atoms with Crippen LogP contribution in [-0.2, 0) is 0 Å². The second-order valence-electron chi connectivity index (χ2n) is 3.04. The maximum Gasteiger partial charge on any atom is 0.291 e. The van der Waals surface area contributed by atoms with Gasteiger partial charge in [0.2, 0.25) is 6.54 Å². The third kappa shape index (κ3) is 22.4. The SMILES string of the molecule is CC(C)CC(O)C[N+](=O)[O-].O=[N+]([O-])O. The second-order valence-corrected chi connectivity index (χ2v) is 3.04. The largest absolute Gasteiger partial charge is 0.386 e. The van der Waals surface area contributed by atoms with E-state index in [9.17, 15) is 10.1 Å². The predicted molar refractivity (Wildman–Crippen MR) is 46.1 cm³/mol. The van der Waals surface area contributed by atoms with E-state index in [0.29, 0.717) is 12.3 Å². The van der Waals surface area contributed by atoms with E-state index < -0.39 is 16.1 Å². The molecule has 0 fully saturated rings. The van der Waals surface area contributed by atoms with Crippen LogP contribution >= 0.6 is 0 Å². The number of aliphatic hydroxyl groups is 1. The van der Waals surface area contributed by atoms with Gasteiger partial charge in [-0.15, -0.1) is 10.1 Å². The topological polar surface area (TPSA) is 127 Å². The number of aliphatic hydroxyl groups excluding tert-OH is 1. The molecule has 14 heavy (non-hydrogen) atoms. The smallest absolute Gasteiger partial charge is 0.291 e. The van der Waals surface area contributed by atoms with Gasteiger partial charge < -0.3 is 10.3 Å². The lowest BCUT2D eigenvalue weighted by molar-refractivity contribution is -0.742. The monoisotopic (exact) mass is 210 g/mol. The molecule has 8 heteroatoms. The van der Waals surface area contributed by atoms with Gasteiger partial charge in [-0.05, 0) is 12.3 Å². The summed E-state index contributed by atoms with van der Waals surface area (Å²) < 4.78 is 0. The van der Waals surface area contributed by atoms with Crippen molar-refractivity contribution < 1.29 is 20.3 Å². The molecule has 0 aromatic carbocycles.